The molecule has 3 nitrogen and oxygen atoms in total. The van der Waals surface area contributed by atoms with Crippen LogP contribution in [0.25, 0.3) is 0 Å². The number of Topliss-reactive ketones (excluding diaryl/α,β-unsaturated/α-hetero) is 1. The van der Waals surface area contributed by atoms with Gasteiger partial charge in [0.05, 0.1) is 24.0 Å². The summed E-state index contributed by atoms with van der Waals surface area (Å²) in [5.41, 5.74) is 0.246. The summed E-state index contributed by atoms with van der Waals surface area (Å²) in [6.45, 7) is 0. The number of carbonyl (C=O) groups is 1. The molecule has 0 aromatic rings. The monoisotopic (exact) mass is 224 g/mol. The maximum atomic E-state index is 12.3. The lowest BCUT2D eigenvalue weighted by Gasteiger charge is -2.32. The van der Waals surface area contributed by atoms with Gasteiger partial charge in [-0.2, -0.15) is 0 Å². The summed E-state index contributed by atoms with van der Waals surface area (Å²) in [6.07, 6.45) is 2.94. The number of thioether (sulfide) groups is 1. The second-order valence-corrected chi connectivity index (χ2v) is 6.61. The molecule has 5 rings (SSSR count). The Balaban J connectivity index is 1.77. The van der Waals surface area contributed by atoms with E-state index in [1.165, 1.54) is 0 Å². The normalized spacial score (nSPS) is 68.1. The van der Waals surface area contributed by atoms with Gasteiger partial charge in [-0.1, -0.05) is 11.8 Å². The molecule has 5 fully saturated rings. The second-order valence-electron chi connectivity index (χ2n) is 5.41. The molecule has 2 aliphatic carbocycles. The first-order valence-electron chi connectivity index (χ1n) is 5.85. The fourth-order valence-corrected chi connectivity index (χ4v) is 6.23. The molecule has 0 spiro atoms. The van der Waals surface area contributed by atoms with Crippen LogP contribution < -0.4 is 0 Å². The van der Waals surface area contributed by atoms with Crippen LogP contribution in [0, 0.1) is 23.7 Å². The van der Waals surface area contributed by atoms with Gasteiger partial charge in [0.25, 0.3) is 0 Å². The van der Waals surface area contributed by atoms with Crippen molar-refractivity contribution in [1.82, 2.24) is 0 Å². The number of rotatable bonds is 0. The van der Waals surface area contributed by atoms with E-state index in [9.17, 15) is 4.79 Å². The van der Waals surface area contributed by atoms with Crippen LogP contribution in [-0.4, -0.2) is 28.9 Å². The molecular weight excluding hydrogens is 212 g/mol. The van der Waals surface area contributed by atoms with Gasteiger partial charge >= 0.3 is 0 Å². The minimum absolute atomic E-state index is 0.123. The van der Waals surface area contributed by atoms with Crippen LogP contribution in [-0.2, 0) is 14.3 Å². The maximum absolute atomic E-state index is 12.3. The van der Waals surface area contributed by atoms with Crippen LogP contribution >= 0.6 is 11.8 Å². The highest BCUT2D eigenvalue weighted by Gasteiger charge is 2.72. The summed E-state index contributed by atoms with van der Waals surface area (Å²) in [5.74, 6) is 1.92. The first-order chi connectivity index (χ1) is 7.34. The van der Waals surface area contributed by atoms with E-state index in [4.69, 9.17) is 9.47 Å². The van der Waals surface area contributed by atoms with Gasteiger partial charge in [0.1, 0.15) is 16.7 Å². The van der Waals surface area contributed by atoms with Crippen molar-refractivity contribution in [3.05, 3.63) is 0 Å². The number of carbonyl (C=O) groups excluding carboxylic acids is 1. The van der Waals surface area contributed by atoms with Gasteiger partial charge in [0.2, 0.25) is 0 Å². The molecule has 2 bridgehead atoms. The Morgan fingerprint density at radius 2 is 1.53 bits per heavy atom. The minimum Gasteiger partial charge on any atom is -0.363 e. The molecule has 8 unspecified atom stereocenters. The fraction of sp³-hybridized carbons (Fsp3) is 0.909. The number of ether oxygens (including phenoxy) is 2. The average molecular weight is 224 g/mol. The van der Waals surface area contributed by atoms with E-state index < -0.39 is 0 Å². The Kier molecular flexibility index (Phi) is 1.23. The van der Waals surface area contributed by atoms with E-state index in [1.54, 1.807) is 11.8 Å². The lowest BCUT2D eigenvalue weighted by atomic mass is 9.75. The highest BCUT2D eigenvalue weighted by atomic mass is 32.2. The molecule has 15 heavy (non-hydrogen) atoms. The Morgan fingerprint density at radius 3 is 2.07 bits per heavy atom. The Hall–Kier alpha value is -0.0600. The Bertz CT molecular complexity index is 339. The summed E-state index contributed by atoms with van der Waals surface area (Å²) in [5, 5.41) is 0. The topological polar surface area (TPSA) is 35.5 Å². The summed E-state index contributed by atoms with van der Waals surface area (Å²) in [7, 11) is 0. The molecule has 2 saturated carbocycles. The van der Waals surface area contributed by atoms with Crippen molar-refractivity contribution in [2.75, 3.05) is 0 Å². The summed E-state index contributed by atoms with van der Waals surface area (Å²) in [6, 6.07) is 0. The third kappa shape index (κ3) is 0.709. The quantitative estimate of drug-likeness (QED) is 0.615. The van der Waals surface area contributed by atoms with Crippen molar-refractivity contribution in [3.8, 4) is 0 Å². The van der Waals surface area contributed by atoms with E-state index in [-0.39, 0.29) is 22.7 Å². The lowest BCUT2D eigenvalue weighted by molar-refractivity contribution is -0.126. The number of hydrogen-bond acceptors (Lipinski definition) is 4. The molecular formula is C11H12O3S. The first-order valence-corrected chi connectivity index (χ1v) is 6.79. The zero-order valence-corrected chi connectivity index (χ0v) is 8.98. The second kappa shape index (κ2) is 2.29. The van der Waals surface area contributed by atoms with Crippen LogP contribution in [0.5, 0.6) is 0 Å². The van der Waals surface area contributed by atoms with Crippen LogP contribution in [0.1, 0.15) is 12.8 Å². The van der Waals surface area contributed by atoms with E-state index in [0.717, 1.165) is 12.8 Å². The first kappa shape index (κ1) is 8.09. The zero-order valence-electron chi connectivity index (χ0n) is 8.17. The average Bonchev–Trinajstić information content (AvgIpc) is 2.79. The molecule has 80 valence electrons. The molecule has 3 aliphatic heterocycles. The molecule has 0 amide bonds. The van der Waals surface area contributed by atoms with Crippen LogP contribution in [0.4, 0.5) is 0 Å². The van der Waals surface area contributed by atoms with Crippen molar-refractivity contribution in [2.24, 2.45) is 23.7 Å². The molecule has 0 radical (unpaired) electrons. The molecule has 0 aromatic heterocycles. The van der Waals surface area contributed by atoms with E-state index >= 15 is 0 Å². The van der Waals surface area contributed by atoms with E-state index in [0.29, 0.717) is 29.8 Å². The third-order valence-corrected chi connectivity index (χ3v) is 6.34. The van der Waals surface area contributed by atoms with E-state index in [1.807, 2.05) is 0 Å². The largest absolute Gasteiger partial charge is 0.363 e. The van der Waals surface area contributed by atoms with Crippen molar-refractivity contribution in [1.29, 1.82) is 0 Å². The summed E-state index contributed by atoms with van der Waals surface area (Å²) < 4.78 is 12.0. The van der Waals surface area contributed by atoms with Gasteiger partial charge in [0.15, 0.2) is 0 Å². The van der Waals surface area contributed by atoms with E-state index in [2.05, 4.69) is 0 Å². The van der Waals surface area contributed by atoms with Gasteiger partial charge in [-0.3, -0.25) is 4.79 Å². The van der Waals surface area contributed by atoms with Crippen LogP contribution in [0.15, 0.2) is 0 Å². The Morgan fingerprint density at radius 1 is 1.00 bits per heavy atom. The molecule has 0 aromatic carbocycles. The molecule has 5 aliphatic rings. The maximum Gasteiger partial charge on any atom is 0.146 e. The van der Waals surface area contributed by atoms with Crippen molar-refractivity contribution in [3.63, 3.8) is 0 Å². The SMILES string of the molecule is O=C1C2C3OC4CCC5OC(S3)C1C5C42. The van der Waals surface area contributed by atoms with Crippen LogP contribution in [0.2, 0.25) is 0 Å². The number of ketones is 1. The van der Waals surface area contributed by atoms with Gasteiger partial charge in [-0.15, -0.1) is 0 Å². The minimum atomic E-state index is 0.123. The molecule has 3 heterocycles. The van der Waals surface area contributed by atoms with Crippen LogP contribution in [0.3, 0.4) is 0 Å². The fourth-order valence-electron chi connectivity index (χ4n) is 4.58. The lowest BCUT2D eigenvalue weighted by Crippen LogP contribution is -2.36. The Labute approximate surface area is 91.9 Å². The van der Waals surface area contributed by atoms with Gasteiger partial charge in [0, 0.05) is 11.8 Å². The van der Waals surface area contributed by atoms with Crippen molar-refractivity contribution < 1.29 is 14.3 Å². The van der Waals surface area contributed by atoms with Crippen molar-refractivity contribution in [2.45, 2.75) is 35.9 Å². The predicted molar refractivity (Wildman–Crippen MR) is 53.1 cm³/mol. The molecule has 8 atom stereocenters. The van der Waals surface area contributed by atoms with Gasteiger partial charge < -0.3 is 9.47 Å². The van der Waals surface area contributed by atoms with Gasteiger partial charge in [-0.25, -0.2) is 0 Å². The third-order valence-electron chi connectivity index (χ3n) is 5.00. The smallest absolute Gasteiger partial charge is 0.146 e. The summed E-state index contributed by atoms with van der Waals surface area (Å²) in [4.78, 5) is 12.3. The molecule has 3 saturated heterocycles. The molecule has 0 N–H and O–H groups in total. The van der Waals surface area contributed by atoms with Crippen molar-refractivity contribution >= 4 is 17.5 Å². The standard InChI is InChI=1S/C11H12O3S/c12-9-7-5-3-1-2-4-6(5)8(9)11(14-4)15-10(7)13-3/h3-8,10-11H,1-2H2. The highest BCUT2D eigenvalue weighted by molar-refractivity contribution is 8.00. The zero-order chi connectivity index (χ0) is 9.73. The predicted octanol–water partition coefficient (Wildman–Crippen LogP) is 1.02. The highest BCUT2D eigenvalue weighted by Crippen LogP contribution is 2.66. The molecule has 4 heteroatoms. The summed E-state index contributed by atoms with van der Waals surface area (Å²) >= 11 is 1.78. The number of hydrogen-bond donors (Lipinski definition) is 0. The van der Waals surface area contributed by atoms with Gasteiger partial charge in [-0.05, 0) is 12.8 Å².